The molecule has 0 spiro atoms. The van der Waals surface area contributed by atoms with E-state index in [1.165, 1.54) is 0 Å². The highest BCUT2D eigenvalue weighted by molar-refractivity contribution is 6.30. The first-order valence-electron chi connectivity index (χ1n) is 11.9. The summed E-state index contributed by atoms with van der Waals surface area (Å²) in [4.78, 5) is 27.1. The third-order valence-electron chi connectivity index (χ3n) is 6.48. The van der Waals surface area contributed by atoms with Crippen LogP contribution in [0.2, 0.25) is 10.0 Å². The maximum atomic E-state index is 13.0. The lowest BCUT2D eigenvalue weighted by Crippen LogP contribution is -2.49. The van der Waals surface area contributed by atoms with Crippen LogP contribution < -0.4 is 4.90 Å². The number of halogens is 2. The molecule has 182 valence electrons. The highest BCUT2D eigenvalue weighted by atomic mass is 35.5. The summed E-state index contributed by atoms with van der Waals surface area (Å²) in [5.74, 6) is 1.66. The Hall–Kier alpha value is -3.41. The molecule has 7 heteroatoms. The molecule has 0 N–H and O–H groups in total. The minimum atomic E-state index is 0.0246. The fourth-order valence-electron chi connectivity index (χ4n) is 4.47. The van der Waals surface area contributed by atoms with Gasteiger partial charge in [0, 0.05) is 65.0 Å². The predicted molar refractivity (Wildman–Crippen MR) is 146 cm³/mol. The van der Waals surface area contributed by atoms with Crippen LogP contribution in [0.5, 0.6) is 0 Å². The molecule has 1 aliphatic rings. The number of nitrogens with zero attached hydrogens (tertiary/aromatic N) is 4. The van der Waals surface area contributed by atoms with Gasteiger partial charge < -0.3 is 9.80 Å². The molecule has 2 heterocycles. The Morgan fingerprint density at radius 3 is 2.06 bits per heavy atom. The Morgan fingerprint density at radius 1 is 0.806 bits per heavy atom. The number of hydrogen-bond acceptors (Lipinski definition) is 4. The lowest BCUT2D eigenvalue weighted by atomic mass is 10.0. The fraction of sp³-hybridized carbons (Fsp3) is 0.207. The number of anilines is 1. The molecular weight excluding hydrogens is 491 g/mol. The van der Waals surface area contributed by atoms with Gasteiger partial charge in [0.2, 0.25) is 0 Å². The average molecular weight is 517 g/mol. The molecule has 1 fully saturated rings. The fourth-order valence-corrected chi connectivity index (χ4v) is 4.72. The molecule has 0 aliphatic carbocycles. The van der Waals surface area contributed by atoms with E-state index in [1.54, 1.807) is 24.3 Å². The zero-order valence-electron chi connectivity index (χ0n) is 20.0. The largest absolute Gasteiger partial charge is 0.353 e. The second kappa shape index (κ2) is 10.7. The van der Waals surface area contributed by atoms with Gasteiger partial charge in [-0.1, -0.05) is 65.7 Å². The summed E-state index contributed by atoms with van der Waals surface area (Å²) in [5, 5.41) is 1.34. The number of carbonyl (C=O) groups is 1. The number of aromatic nitrogens is 2. The number of rotatable bonds is 5. The smallest absolute Gasteiger partial charge is 0.253 e. The lowest BCUT2D eigenvalue weighted by molar-refractivity contribution is 0.0746. The van der Waals surface area contributed by atoms with Gasteiger partial charge in [0.25, 0.3) is 5.91 Å². The summed E-state index contributed by atoms with van der Waals surface area (Å²) in [6, 6.07) is 25.0. The molecule has 4 aromatic rings. The molecule has 1 aromatic heterocycles. The number of aryl methyl sites for hydroxylation is 1. The number of benzene rings is 3. The van der Waals surface area contributed by atoms with Gasteiger partial charge in [0.15, 0.2) is 5.82 Å². The van der Waals surface area contributed by atoms with Gasteiger partial charge >= 0.3 is 0 Å². The second-order valence-electron chi connectivity index (χ2n) is 8.89. The SMILES string of the molecule is Cc1nc(-c2ccccc2)nc(N2CCN(C(=O)c3ccc(Cl)cc3)CC2)c1Cc1ccc(Cl)cc1. The molecule has 3 aromatic carbocycles. The predicted octanol–water partition coefficient (Wildman–Crippen LogP) is 6.31. The molecular formula is C29H26Cl2N4O. The first kappa shape index (κ1) is 24.3. The first-order valence-corrected chi connectivity index (χ1v) is 12.7. The normalized spacial score (nSPS) is 13.6. The highest BCUT2D eigenvalue weighted by Gasteiger charge is 2.26. The van der Waals surface area contributed by atoms with Crippen LogP contribution >= 0.6 is 23.2 Å². The summed E-state index contributed by atoms with van der Waals surface area (Å²) in [7, 11) is 0. The second-order valence-corrected chi connectivity index (χ2v) is 9.76. The highest BCUT2D eigenvalue weighted by Crippen LogP contribution is 2.29. The van der Waals surface area contributed by atoms with Gasteiger partial charge in [-0.15, -0.1) is 0 Å². The van der Waals surface area contributed by atoms with Gasteiger partial charge in [-0.05, 0) is 48.9 Å². The Bertz CT molecular complexity index is 1350. The first-order chi connectivity index (χ1) is 17.5. The van der Waals surface area contributed by atoms with Crippen molar-refractivity contribution < 1.29 is 4.79 Å². The van der Waals surface area contributed by atoms with E-state index in [9.17, 15) is 4.79 Å². The molecule has 1 amide bonds. The minimum Gasteiger partial charge on any atom is -0.353 e. The maximum absolute atomic E-state index is 13.0. The van der Waals surface area contributed by atoms with Gasteiger partial charge in [0.1, 0.15) is 5.82 Å². The number of carbonyl (C=O) groups excluding carboxylic acids is 1. The summed E-state index contributed by atoms with van der Waals surface area (Å²) in [6.07, 6.45) is 0.706. The van der Waals surface area contributed by atoms with Crippen molar-refractivity contribution in [2.24, 2.45) is 0 Å². The van der Waals surface area contributed by atoms with Crippen LogP contribution in [0.15, 0.2) is 78.9 Å². The van der Waals surface area contributed by atoms with Crippen molar-refractivity contribution in [3.63, 3.8) is 0 Å². The molecule has 0 saturated carbocycles. The zero-order chi connectivity index (χ0) is 25.1. The van der Waals surface area contributed by atoms with Crippen molar-refractivity contribution >= 4 is 34.9 Å². The number of hydrogen-bond donors (Lipinski definition) is 0. The van der Waals surface area contributed by atoms with E-state index in [2.05, 4.69) is 4.90 Å². The third kappa shape index (κ3) is 5.38. The van der Waals surface area contributed by atoms with Gasteiger partial charge in [-0.3, -0.25) is 4.79 Å². The average Bonchev–Trinajstić information content (AvgIpc) is 2.91. The van der Waals surface area contributed by atoms with Crippen molar-refractivity contribution in [3.8, 4) is 11.4 Å². The Balaban J connectivity index is 1.43. The van der Waals surface area contributed by atoms with E-state index < -0.39 is 0 Å². The van der Waals surface area contributed by atoms with Crippen molar-refractivity contribution in [2.45, 2.75) is 13.3 Å². The van der Waals surface area contributed by atoms with E-state index in [0.717, 1.165) is 28.2 Å². The molecule has 5 nitrogen and oxygen atoms in total. The van der Waals surface area contributed by atoms with Crippen molar-refractivity contribution in [1.82, 2.24) is 14.9 Å². The van der Waals surface area contributed by atoms with Gasteiger partial charge in [-0.2, -0.15) is 0 Å². The van der Waals surface area contributed by atoms with Crippen molar-refractivity contribution in [1.29, 1.82) is 0 Å². The zero-order valence-corrected chi connectivity index (χ0v) is 21.5. The van der Waals surface area contributed by atoms with Crippen molar-refractivity contribution in [2.75, 3.05) is 31.1 Å². The van der Waals surface area contributed by atoms with Crippen molar-refractivity contribution in [3.05, 3.63) is 111 Å². The van der Waals surface area contributed by atoms with Gasteiger partial charge in [0.05, 0.1) is 0 Å². The van der Waals surface area contributed by atoms with Crippen LogP contribution in [0.3, 0.4) is 0 Å². The van der Waals surface area contributed by atoms with Crippen LogP contribution in [-0.4, -0.2) is 47.0 Å². The topological polar surface area (TPSA) is 49.3 Å². The molecule has 5 rings (SSSR count). The van der Waals surface area contributed by atoms with E-state index in [1.807, 2.05) is 66.4 Å². The number of amides is 1. The standard InChI is InChI=1S/C29H26Cl2N4O/c1-20-26(19-21-7-11-24(30)12-8-21)28(33-27(32-20)22-5-3-2-4-6-22)34-15-17-35(18-16-34)29(36)23-9-13-25(31)14-10-23/h2-14H,15-19H2,1H3. The van der Waals surface area contributed by atoms with E-state index >= 15 is 0 Å². The Labute approximate surface area is 221 Å². The molecule has 0 atom stereocenters. The summed E-state index contributed by atoms with van der Waals surface area (Å²) >= 11 is 12.1. The van der Waals surface area contributed by atoms with E-state index in [0.29, 0.717) is 54.0 Å². The summed E-state index contributed by atoms with van der Waals surface area (Å²) in [5.41, 5.74) is 4.83. The molecule has 36 heavy (non-hydrogen) atoms. The molecule has 0 bridgehead atoms. The Kier molecular flexibility index (Phi) is 7.21. The quantitative estimate of drug-likeness (QED) is 0.311. The van der Waals surface area contributed by atoms with Crippen LogP contribution in [0.25, 0.3) is 11.4 Å². The molecule has 1 aliphatic heterocycles. The Morgan fingerprint density at radius 2 is 1.42 bits per heavy atom. The number of piperazine rings is 1. The van der Waals surface area contributed by atoms with Crippen LogP contribution in [0.1, 0.15) is 27.2 Å². The van der Waals surface area contributed by atoms with E-state index in [-0.39, 0.29) is 5.91 Å². The molecule has 0 unspecified atom stereocenters. The molecule has 1 saturated heterocycles. The van der Waals surface area contributed by atoms with Crippen LogP contribution in [0.4, 0.5) is 5.82 Å². The lowest BCUT2D eigenvalue weighted by Gasteiger charge is -2.36. The molecule has 0 radical (unpaired) electrons. The minimum absolute atomic E-state index is 0.0246. The summed E-state index contributed by atoms with van der Waals surface area (Å²) in [6.45, 7) is 4.66. The third-order valence-corrected chi connectivity index (χ3v) is 6.98. The maximum Gasteiger partial charge on any atom is 0.253 e. The van der Waals surface area contributed by atoms with Crippen LogP contribution in [-0.2, 0) is 6.42 Å². The van der Waals surface area contributed by atoms with Crippen LogP contribution in [0, 0.1) is 6.92 Å². The van der Waals surface area contributed by atoms with E-state index in [4.69, 9.17) is 33.2 Å². The monoisotopic (exact) mass is 516 g/mol. The van der Waals surface area contributed by atoms with Gasteiger partial charge in [-0.25, -0.2) is 9.97 Å². The summed E-state index contributed by atoms with van der Waals surface area (Å²) < 4.78 is 0.